The molecule has 330 valence electrons. The Morgan fingerprint density at radius 1 is 0.386 bits per heavy atom. The van der Waals surface area contributed by atoms with E-state index in [1.165, 1.54) is 78.3 Å². The van der Waals surface area contributed by atoms with E-state index >= 15 is 0 Å². The van der Waals surface area contributed by atoms with Crippen LogP contribution in [0.15, 0.2) is 265 Å². The average Bonchev–Trinajstić information content (AvgIpc) is 3.97. The zero-order valence-electron chi connectivity index (χ0n) is 38.5. The van der Waals surface area contributed by atoms with Gasteiger partial charge in [-0.05, 0) is 111 Å². The number of para-hydroxylation sites is 6. The largest absolute Gasteiger partial charge is 0.455 e. The molecule has 0 saturated heterocycles. The van der Waals surface area contributed by atoms with Crippen LogP contribution >= 0.6 is 0 Å². The molecule has 3 nitrogen and oxygen atoms in total. The summed E-state index contributed by atoms with van der Waals surface area (Å²) in [6.45, 7) is 0. The molecule has 11 aromatic rings. The van der Waals surface area contributed by atoms with Gasteiger partial charge < -0.3 is 14.2 Å². The first-order valence-electron chi connectivity index (χ1n) is 24.4. The Morgan fingerprint density at radius 2 is 0.943 bits per heavy atom. The van der Waals surface area contributed by atoms with E-state index in [9.17, 15) is 0 Å². The Kier molecular flexibility index (Phi) is 9.25. The van der Waals surface area contributed by atoms with Gasteiger partial charge in [0.2, 0.25) is 0 Å². The van der Waals surface area contributed by atoms with E-state index in [1.54, 1.807) is 0 Å². The topological polar surface area (TPSA) is 19.6 Å². The second-order valence-corrected chi connectivity index (χ2v) is 18.6. The van der Waals surface area contributed by atoms with Gasteiger partial charge in [0.25, 0.3) is 0 Å². The van der Waals surface area contributed by atoms with E-state index in [0.717, 1.165) is 57.4 Å². The molecule has 14 rings (SSSR count). The molecule has 0 fully saturated rings. The van der Waals surface area contributed by atoms with Crippen molar-refractivity contribution in [2.75, 3.05) is 9.80 Å². The molecule has 0 atom stereocenters. The highest BCUT2D eigenvalue weighted by molar-refractivity contribution is 6.08. The van der Waals surface area contributed by atoms with Crippen molar-refractivity contribution in [3.05, 3.63) is 288 Å². The average molecular weight is 895 g/mol. The first-order valence-corrected chi connectivity index (χ1v) is 24.4. The van der Waals surface area contributed by atoms with Crippen LogP contribution in [0.3, 0.4) is 0 Å². The molecule has 0 radical (unpaired) electrons. The predicted octanol–water partition coefficient (Wildman–Crippen LogP) is 18.0. The van der Waals surface area contributed by atoms with Crippen LogP contribution in [0.25, 0.3) is 60.9 Å². The molecular formula is C67H46N2O. The number of anilines is 5. The van der Waals surface area contributed by atoms with E-state index in [2.05, 4.69) is 265 Å². The van der Waals surface area contributed by atoms with Gasteiger partial charge in [-0.3, -0.25) is 0 Å². The quantitative estimate of drug-likeness (QED) is 0.159. The Labute approximate surface area is 408 Å². The zero-order valence-corrected chi connectivity index (χ0v) is 38.5. The van der Waals surface area contributed by atoms with Crippen molar-refractivity contribution in [3.8, 4) is 33.4 Å². The number of furan rings is 1. The van der Waals surface area contributed by atoms with Crippen molar-refractivity contribution < 1.29 is 4.42 Å². The number of hydrogen-bond donors (Lipinski definition) is 0. The maximum Gasteiger partial charge on any atom is 0.142 e. The fourth-order valence-corrected chi connectivity index (χ4v) is 12.0. The molecular weight excluding hydrogens is 849 g/mol. The number of rotatable bonds is 7. The van der Waals surface area contributed by atoms with Crippen LogP contribution in [0.5, 0.6) is 0 Å². The minimum absolute atomic E-state index is 0.585. The van der Waals surface area contributed by atoms with Crippen molar-refractivity contribution >= 4 is 55.9 Å². The molecule has 3 heteroatoms. The summed E-state index contributed by atoms with van der Waals surface area (Å²) in [6.07, 6.45) is 6.40. The lowest BCUT2D eigenvalue weighted by atomic mass is 9.64. The minimum atomic E-state index is -0.585. The highest BCUT2D eigenvalue weighted by Crippen LogP contribution is 2.65. The molecule has 2 aliphatic carbocycles. The van der Waals surface area contributed by atoms with Crippen molar-refractivity contribution in [1.29, 1.82) is 0 Å². The first-order chi connectivity index (χ1) is 34.8. The summed E-state index contributed by atoms with van der Waals surface area (Å²) in [4.78, 5) is 5.04. The number of allylic oxidation sites excluding steroid dienone is 4. The Morgan fingerprint density at radius 3 is 1.70 bits per heavy atom. The van der Waals surface area contributed by atoms with Crippen LogP contribution in [-0.2, 0) is 5.41 Å². The summed E-state index contributed by atoms with van der Waals surface area (Å²) in [5, 5.41) is 2.31. The number of nitrogens with zero attached hydrogens (tertiary/aromatic N) is 2. The van der Waals surface area contributed by atoms with Gasteiger partial charge in [-0.1, -0.05) is 206 Å². The summed E-state index contributed by atoms with van der Waals surface area (Å²) in [5.74, 6) is 0. The lowest BCUT2D eigenvalue weighted by Gasteiger charge is -2.45. The molecule has 70 heavy (non-hydrogen) atoms. The highest BCUT2D eigenvalue weighted by atomic mass is 16.3. The van der Waals surface area contributed by atoms with Gasteiger partial charge in [0.05, 0.1) is 28.2 Å². The molecule has 0 unspecified atom stereocenters. The molecule has 0 amide bonds. The molecule has 2 heterocycles. The normalized spacial score (nSPS) is 14.1. The second-order valence-electron chi connectivity index (χ2n) is 18.6. The van der Waals surface area contributed by atoms with Crippen LogP contribution in [0, 0.1) is 0 Å². The van der Waals surface area contributed by atoms with Crippen LogP contribution in [0.2, 0.25) is 0 Å². The van der Waals surface area contributed by atoms with Gasteiger partial charge in [0.1, 0.15) is 11.2 Å². The third-order valence-corrected chi connectivity index (χ3v) is 15.0. The second kappa shape index (κ2) is 16.1. The summed E-state index contributed by atoms with van der Waals surface area (Å²) in [6, 6.07) is 88.9. The molecule has 1 spiro atoms. The smallest absolute Gasteiger partial charge is 0.142 e. The Hall–Kier alpha value is -8.92. The van der Waals surface area contributed by atoms with Crippen molar-refractivity contribution in [3.63, 3.8) is 0 Å². The number of fused-ring (bicyclic) bond motifs is 12. The van der Waals surface area contributed by atoms with E-state index < -0.39 is 5.41 Å². The molecule has 3 aliphatic rings. The van der Waals surface area contributed by atoms with Crippen molar-refractivity contribution in [2.45, 2.75) is 18.3 Å². The number of hydrogen-bond acceptors (Lipinski definition) is 3. The van der Waals surface area contributed by atoms with E-state index in [0.29, 0.717) is 0 Å². The fourth-order valence-electron chi connectivity index (χ4n) is 12.0. The van der Waals surface area contributed by atoms with Crippen LogP contribution in [-0.4, -0.2) is 0 Å². The molecule has 10 aromatic carbocycles. The molecule has 0 saturated carbocycles. The highest BCUT2D eigenvalue weighted by Gasteiger charge is 2.52. The standard InChI is InChI=1S/C67H46N2O/c1-3-19-45(20-4-1)46-37-39-47(40-38-46)51-23-8-13-32-60(51)68(50-43-41-48(42-44-50)52-26-17-27-54-53-24-9-16-36-64(53)70-66(52)54)63-35-18-31-59-65(63)55-25-7-10-28-56(55)67(59)57-29-11-14-33-61(57)69(49-21-5-2-6-22-49)62-34-15-12-30-58(62)67/h1-41,43H,42,44H2. The monoisotopic (exact) mass is 894 g/mol. The summed E-state index contributed by atoms with van der Waals surface area (Å²) in [7, 11) is 0. The first kappa shape index (κ1) is 40.2. The molecule has 0 bridgehead atoms. The van der Waals surface area contributed by atoms with Crippen LogP contribution in [0.1, 0.15) is 40.7 Å². The fraction of sp³-hybridized carbons (Fsp3) is 0.0448. The summed E-state index contributed by atoms with van der Waals surface area (Å²) < 4.78 is 6.60. The maximum atomic E-state index is 6.60. The third-order valence-electron chi connectivity index (χ3n) is 15.0. The van der Waals surface area contributed by atoms with Crippen molar-refractivity contribution in [2.24, 2.45) is 0 Å². The minimum Gasteiger partial charge on any atom is -0.455 e. The van der Waals surface area contributed by atoms with Crippen LogP contribution in [0.4, 0.5) is 28.4 Å². The molecule has 0 N–H and O–H groups in total. The van der Waals surface area contributed by atoms with Gasteiger partial charge in [0, 0.05) is 38.8 Å². The summed E-state index contributed by atoms with van der Waals surface area (Å²) in [5.41, 5.74) is 23.2. The van der Waals surface area contributed by atoms with Gasteiger partial charge in [-0.25, -0.2) is 0 Å². The maximum absolute atomic E-state index is 6.60. The SMILES string of the molecule is C1=C(c2cccc3c2oc2ccccc23)CCC(N(c2ccccc2-c2ccc(-c3ccccc3)cc2)c2cccc3c2-c2ccccc2C32c3ccccc3N(c3ccccc3)c3ccccc32)=C1. The van der Waals surface area contributed by atoms with Crippen molar-refractivity contribution in [1.82, 2.24) is 0 Å². The van der Waals surface area contributed by atoms with Gasteiger partial charge in [-0.2, -0.15) is 0 Å². The lowest BCUT2D eigenvalue weighted by molar-refractivity contribution is 0.667. The lowest BCUT2D eigenvalue weighted by Crippen LogP contribution is -2.36. The third kappa shape index (κ3) is 6.01. The van der Waals surface area contributed by atoms with Gasteiger partial charge in [-0.15, -0.1) is 0 Å². The van der Waals surface area contributed by atoms with Gasteiger partial charge in [0.15, 0.2) is 0 Å². The Balaban J connectivity index is 1.00. The summed E-state index contributed by atoms with van der Waals surface area (Å²) >= 11 is 0. The van der Waals surface area contributed by atoms with E-state index in [4.69, 9.17) is 4.42 Å². The van der Waals surface area contributed by atoms with E-state index in [1.807, 2.05) is 0 Å². The van der Waals surface area contributed by atoms with E-state index in [-0.39, 0.29) is 0 Å². The molecule has 1 aromatic heterocycles. The Bertz CT molecular complexity index is 3850. The number of benzene rings is 10. The predicted molar refractivity (Wildman–Crippen MR) is 290 cm³/mol. The van der Waals surface area contributed by atoms with Crippen LogP contribution < -0.4 is 9.80 Å². The molecule has 1 aliphatic heterocycles. The van der Waals surface area contributed by atoms with Gasteiger partial charge >= 0.3 is 0 Å². The zero-order chi connectivity index (χ0) is 46.2.